The van der Waals surface area contributed by atoms with Crippen LogP contribution < -0.4 is 10.9 Å². The Bertz CT molecular complexity index is 225. The van der Waals surface area contributed by atoms with Crippen molar-refractivity contribution in [1.82, 2.24) is 10.9 Å². The van der Waals surface area contributed by atoms with Crippen molar-refractivity contribution in [3.05, 3.63) is 12.3 Å². The van der Waals surface area contributed by atoms with Crippen molar-refractivity contribution >= 4 is 0 Å². The fraction of sp³-hybridized carbons (Fsp3) is 0.895. The molecule has 0 unspecified atom stereocenters. The zero-order valence-corrected chi connectivity index (χ0v) is 15.9. The molecule has 0 aliphatic carbocycles. The molecular weight excluding hydrogens is 291 g/mol. The lowest BCUT2D eigenvalue weighted by molar-refractivity contribution is 0.128. The number of nitrogens with one attached hydrogen (secondary N) is 2. The van der Waals surface area contributed by atoms with Gasteiger partial charge in [-0.15, -0.1) is 4.48 Å². The molecule has 0 aromatic rings. The van der Waals surface area contributed by atoms with Crippen LogP contribution in [-0.4, -0.2) is 26.3 Å². The molecule has 2 N–H and O–H groups in total. The zero-order chi connectivity index (χ0) is 17.6. The Hall–Kier alpha value is -0.610. The molecular formula is C19H41FN2O. The van der Waals surface area contributed by atoms with E-state index in [1.807, 2.05) is 13.8 Å². The summed E-state index contributed by atoms with van der Waals surface area (Å²) in [4.78, 5) is 0. The van der Waals surface area contributed by atoms with Gasteiger partial charge in [-0.2, -0.15) is 5.54 Å². The number of unbranched alkanes of at least 4 members (excludes halogenated alkanes) is 6. The van der Waals surface area contributed by atoms with E-state index >= 15 is 0 Å². The summed E-state index contributed by atoms with van der Waals surface area (Å²) in [5.74, 6) is 0. The van der Waals surface area contributed by atoms with E-state index in [0.29, 0.717) is 6.54 Å². The fourth-order valence-corrected chi connectivity index (χ4v) is 2.21. The predicted molar refractivity (Wildman–Crippen MR) is 100 cm³/mol. The smallest absolute Gasteiger partial charge is 0.0482 e. The number of allylic oxidation sites excluding steroid dienone is 1. The molecule has 0 saturated heterocycles. The highest BCUT2D eigenvalue weighted by molar-refractivity contribution is 4.89. The summed E-state index contributed by atoms with van der Waals surface area (Å²) in [7, 11) is 0. The van der Waals surface area contributed by atoms with E-state index in [4.69, 9.17) is 4.74 Å². The second-order valence-corrected chi connectivity index (χ2v) is 5.60. The quantitative estimate of drug-likeness (QED) is 0.271. The molecule has 4 heteroatoms. The Kier molecular flexibility index (Phi) is 25.3. The van der Waals surface area contributed by atoms with Gasteiger partial charge in [-0.1, -0.05) is 65.9 Å². The van der Waals surface area contributed by atoms with Crippen LogP contribution in [0.1, 0.15) is 85.0 Å². The van der Waals surface area contributed by atoms with Crippen molar-refractivity contribution in [3.8, 4) is 0 Å². The van der Waals surface area contributed by atoms with Crippen molar-refractivity contribution < 1.29 is 9.22 Å². The highest BCUT2D eigenvalue weighted by Gasteiger charge is 1.94. The van der Waals surface area contributed by atoms with Crippen LogP contribution in [0, 0.1) is 0 Å². The van der Waals surface area contributed by atoms with Gasteiger partial charge in [-0.05, 0) is 25.7 Å². The lowest BCUT2D eigenvalue weighted by Crippen LogP contribution is -2.15. The van der Waals surface area contributed by atoms with Crippen LogP contribution in [-0.2, 0) is 4.74 Å². The molecule has 0 heterocycles. The van der Waals surface area contributed by atoms with Gasteiger partial charge in [0.25, 0.3) is 0 Å². The summed E-state index contributed by atoms with van der Waals surface area (Å²) in [5.41, 5.74) is 2.83. The number of hydrogen-bond acceptors (Lipinski definition) is 3. The number of rotatable bonds is 17. The van der Waals surface area contributed by atoms with Gasteiger partial charge in [0.1, 0.15) is 0 Å². The first-order valence-electron chi connectivity index (χ1n) is 9.64. The molecule has 0 spiro atoms. The topological polar surface area (TPSA) is 33.3 Å². The molecule has 0 fully saturated rings. The van der Waals surface area contributed by atoms with Gasteiger partial charge in [0.05, 0.1) is 0 Å². The summed E-state index contributed by atoms with van der Waals surface area (Å²) < 4.78 is 17.2. The van der Waals surface area contributed by atoms with E-state index < -0.39 is 0 Å². The van der Waals surface area contributed by atoms with Crippen LogP contribution in [0.3, 0.4) is 0 Å². The maximum Gasteiger partial charge on any atom is 0.0482 e. The molecule has 0 saturated carbocycles. The van der Waals surface area contributed by atoms with Crippen LogP contribution in [0.5, 0.6) is 0 Å². The molecule has 0 amide bonds. The van der Waals surface area contributed by atoms with Gasteiger partial charge in [0.2, 0.25) is 0 Å². The SMILES string of the molecule is C=C(CCC)NCCCOCCCCCCCCCNF.CC. The number of ether oxygens (including phenoxy) is 1. The van der Waals surface area contributed by atoms with Gasteiger partial charge in [0.15, 0.2) is 0 Å². The van der Waals surface area contributed by atoms with Gasteiger partial charge in [0, 0.05) is 32.0 Å². The van der Waals surface area contributed by atoms with E-state index in [0.717, 1.165) is 64.0 Å². The van der Waals surface area contributed by atoms with Crippen molar-refractivity contribution in [2.75, 3.05) is 26.3 Å². The van der Waals surface area contributed by atoms with Crippen molar-refractivity contribution in [1.29, 1.82) is 0 Å². The lowest BCUT2D eigenvalue weighted by Gasteiger charge is -2.08. The van der Waals surface area contributed by atoms with Crippen molar-refractivity contribution in [3.63, 3.8) is 0 Å². The predicted octanol–water partition coefficient (Wildman–Crippen LogP) is 5.53. The molecule has 23 heavy (non-hydrogen) atoms. The van der Waals surface area contributed by atoms with Crippen LogP contribution in [0.15, 0.2) is 12.3 Å². The average Bonchev–Trinajstić information content (AvgIpc) is 2.57. The van der Waals surface area contributed by atoms with E-state index in [2.05, 4.69) is 18.8 Å². The molecule has 0 aliphatic rings. The molecule has 140 valence electrons. The van der Waals surface area contributed by atoms with Crippen LogP contribution >= 0.6 is 0 Å². The third-order valence-electron chi connectivity index (χ3n) is 3.45. The van der Waals surface area contributed by atoms with Gasteiger partial charge < -0.3 is 10.1 Å². The molecule has 0 aliphatic heterocycles. The van der Waals surface area contributed by atoms with Crippen LogP contribution in [0.4, 0.5) is 4.48 Å². The molecule has 0 bridgehead atoms. The van der Waals surface area contributed by atoms with Gasteiger partial charge >= 0.3 is 0 Å². The highest BCUT2D eigenvalue weighted by atomic mass is 19.2. The standard InChI is InChI=1S/C17H35FN2O.C2H6/c1-3-12-17(2)19-13-11-16-21-15-10-8-6-4-5-7-9-14-20-18;1-2/h19-20H,2-16H2,1H3;1-2H3. The summed E-state index contributed by atoms with van der Waals surface area (Å²) in [6, 6.07) is 0. The molecule has 0 radical (unpaired) electrons. The highest BCUT2D eigenvalue weighted by Crippen LogP contribution is 2.07. The molecule has 0 aromatic carbocycles. The maximum absolute atomic E-state index is 11.6. The second-order valence-electron chi connectivity index (χ2n) is 5.60. The summed E-state index contributed by atoms with van der Waals surface area (Å²) in [5, 5.41) is 3.32. The van der Waals surface area contributed by atoms with E-state index in [1.165, 1.54) is 25.7 Å². The first-order valence-corrected chi connectivity index (χ1v) is 9.64. The first-order chi connectivity index (χ1) is 11.3. The van der Waals surface area contributed by atoms with E-state index in [-0.39, 0.29) is 0 Å². The largest absolute Gasteiger partial charge is 0.389 e. The Labute approximate surface area is 144 Å². The minimum atomic E-state index is 0.495. The first kappa shape index (κ1) is 24.6. The third kappa shape index (κ3) is 23.8. The monoisotopic (exact) mass is 332 g/mol. The minimum Gasteiger partial charge on any atom is -0.389 e. The van der Waals surface area contributed by atoms with Crippen molar-refractivity contribution in [2.45, 2.75) is 85.0 Å². The van der Waals surface area contributed by atoms with E-state index in [9.17, 15) is 4.48 Å². The maximum atomic E-state index is 11.6. The Morgan fingerprint density at radius 1 is 0.870 bits per heavy atom. The van der Waals surface area contributed by atoms with Crippen LogP contribution in [0.25, 0.3) is 0 Å². The molecule has 0 atom stereocenters. The molecule has 0 aromatic heterocycles. The zero-order valence-electron chi connectivity index (χ0n) is 15.9. The second kappa shape index (κ2) is 23.7. The Morgan fingerprint density at radius 2 is 1.43 bits per heavy atom. The fourth-order valence-electron chi connectivity index (χ4n) is 2.21. The van der Waals surface area contributed by atoms with Gasteiger partial charge in [-0.3, -0.25) is 0 Å². The third-order valence-corrected chi connectivity index (χ3v) is 3.45. The van der Waals surface area contributed by atoms with Crippen LogP contribution in [0.2, 0.25) is 0 Å². The summed E-state index contributed by atoms with van der Waals surface area (Å²) in [6.07, 6.45) is 11.5. The summed E-state index contributed by atoms with van der Waals surface area (Å²) in [6.45, 7) is 13.3. The average molecular weight is 333 g/mol. The van der Waals surface area contributed by atoms with Crippen molar-refractivity contribution in [2.24, 2.45) is 0 Å². The lowest BCUT2D eigenvalue weighted by atomic mass is 10.1. The normalized spacial score (nSPS) is 10.1. The molecule has 0 rings (SSSR count). The Morgan fingerprint density at radius 3 is 2.04 bits per heavy atom. The Balaban J connectivity index is 0. The molecule has 3 nitrogen and oxygen atoms in total. The number of halogens is 1. The minimum absolute atomic E-state index is 0.495. The number of hydrogen-bond donors (Lipinski definition) is 2. The van der Waals surface area contributed by atoms with Gasteiger partial charge in [-0.25, -0.2) is 0 Å². The van der Waals surface area contributed by atoms with E-state index in [1.54, 1.807) is 5.54 Å². The summed E-state index contributed by atoms with van der Waals surface area (Å²) >= 11 is 0.